The van der Waals surface area contributed by atoms with Gasteiger partial charge in [-0.2, -0.15) is 0 Å². The predicted octanol–water partition coefficient (Wildman–Crippen LogP) is 3.88. The maximum absolute atomic E-state index is 10.7. The van der Waals surface area contributed by atoms with Crippen LogP contribution in [0.15, 0.2) is 52.9 Å². The Hall–Kier alpha value is -2.88. The smallest absolute Gasteiger partial charge is 0.226 e. The zero-order valence-corrected chi connectivity index (χ0v) is 12.8. The molecule has 0 unspecified atom stereocenters. The van der Waals surface area contributed by atoms with Gasteiger partial charge in [-0.15, -0.1) is 0 Å². The van der Waals surface area contributed by atoms with Crippen LogP contribution in [0.2, 0.25) is 0 Å². The van der Waals surface area contributed by atoms with Crippen molar-refractivity contribution >= 4 is 6.29 Å². The van der Waals surface area contributed by atoms with Crippen molar-refractivity contribution in [3.8, 4) is 17.2 Å². The number of oxazole rings is 1. The lowest BCUT2D eigenvalue weighted by Gasteiger charge is -2.04. The SMILES string of the molecule is Cc1oc(-c2ccccc2)nc1CCOc1[c]c(C=O)ccc1. The van der Waals surface area contributed by atoms with Gasteiger partial charge in [0.05, 0.1) is 12.3 Å². The molecular weight excluding hydrogens is 290 g/mol. The zero-order chi connectivity index (χ0) is 16.1. The van der Waals surface area contributed by atoms with Gasteiger partial charge in [0, 0.05) is 23.6 Å². The fraction of sp³-hybridized carbons (Fsp3) is 0.158. The minimum absolute atomic E-state index is 0.445. The van der Waals surface area contributed by atoms with Crippen LogP contribution in [0.3, 0.4) is 0 Å². The molecule has 0 amide bonds. The quantitative estimate of drug-likeness (QED) is 0.648. The highest BCUT2D eigenvalue weighted by atomic mass is 16.5. The minimum atomic E-state index is 0.445. The van der Waals surface area contributed by atoms with Crippen LogP contribution < -0.4 is 4.74 Å². The van der Waals surface area contributed by atoms with Crippen molar-refractivity contribution in [2.45, 2.75) is 13.3 Å². The second kappa shape index (κ2) is 6.92. The van der Waals surface area contributed by atoms with Crippen LogP contribution in [0.1, 0.15) is 21.8 Å². The molecule has 23 heavy (non-hydrogen) atoms. The standard InChI is InChI=1S/C19H16NO3/c1-14-18(20-19(23-14)16-7-3-2-4-8-16)10-11-22-17-9-5-6-15(12-17)13-21/h2-9,13H,10-11H2,1H3. The molecule has 0 saturated heterocycles. The molecule has 0 bridgehead atoms. The van der Waals surface area contributed by atoms with Crippen LogP contribution in [-0.2, 0) is 6.42 Å². The number of aldehydes is 1. The molecule has 0 aliphatic rings. The number of aromatic nitrogens is 1. The number of hydrogen-bond acceptors (Lipinski definition) is 4. The van der Waals surface area contributed by atoms with Gasteiger partial charge in [-0.1, -0.05) is 30.3 Å². The van der Waals surface area contributed by atoms with E-state index < -0.39 is 0 Å². The number of ether oxygens (including phenoxy) is 1. The first kappa shape index (κ1) is 15.0. The lowest BCUT2D eigenvalue weighted by atomic mass is 10.2. The summed E-state index contributed by atoms with van der Waals surface area (Å²) in [6.07, 6.45) is 1.38. The van der Waals surface area contributed by atoms with E-state index in [2.05, 4.69) is 11.1 Å². The first-order valence-corrected chi connectivity index (χ1v) is 7.38. The van der Waals surface area contributed by atoms with Gasteiger partial charge in [-0.3, -0.25) is 4.79 Å². The van der Waals surface area contributed by atoms with Crippen LogP contribution in [0.5, 0.6) is 5.75 Å². The number of carbonyl (C=O) groups is 1. The van der Waals surface area contributed by atoms with Gasteiger partial charge < -0.3 is 9.15 Å². The Morgan fingerprint density at radius 1 is 1.17 bits per heavy atom. The van der Waals surface area contributed by atoms with Crippen molar-refractivity contribution in [3.63, 3.8) is 0 Å². The number of benzene rings is 2. The number of nitrogens with zero attached hydrogens (tertiary/aromatic N) is 1. The van der Waals surface area contributed by atoms with Crippen molar-refractivity contribution in [2.75, 3.05) is 6.61 Å². The van der Waals surface area contributed by atoms with E-state index in [1.54, 1.807) is 18.2 Å². The van der Waals surface area contributed by atoms with Crippen LogP contribution in [0.25, 0.3) is 11.5 Å². The highest BCUT2D eigenvalue weighted by molar-refractivity contribution is 5.74. The summed E-state index contributed by atoms with van der Waals surface area (Å²) in [6.45, 7) is 2.34. The summed E-state index contributed by atoms with van der Waals surface area (Å²) < 4.78 is 11.3. The van der Waals surface area contributed by atoms with Crippen LogP contribution >= 0.6 is 0 Å². The van der Waals surface area contributed by atoms with Crippen LogP contribution in [0.4, 0.5) is 0 Å². The number of carbonyl (C=O) groups excluding carboxylic acids is 1. The average molecular weight is 306 g/mol. The van der Waals surface area contributed by atoms with Crippen molar-refractivity contribution in [2.24, 2.45) is 0 Å². The Labute approximate surface area is 134 Å². The van der Waals surface area contributed by atoms with Gasteiger partial charge in [0.2, 0.25) is 5.89 Å². The van der Waals surface area contributed by atoms with Crippen molar-refractivity contribution in [1.82, 2.24) is 4.98 Å². The van der Waals surface area contributed by atoms with Gasteiger partial charge in [0.15, 0.2) is 6.29 Å². The molecule has 4 heteroatoms. The molecule has 4 nitrogen and oxygen atoms in total. The first-order valence-electron chi connectivity index (χ1n) is 7.38. The molecule has 3 rings (SSSR count). The van der Waals surface area contributed by atoms with Gasteiger partial charge in [-0.05, 0) is 25.1 Å². The van der Waals surface area contributed by atoms with Crippen molar-refractivity contribution in [3.05, 3.63) is 71.6 Å². The molecule has 0 N–H and O–H groups in total. The molecule has 0 spiro atoms. The first-order chi connectivity index (χ1) is 11.3. The van der Waals surface area contributed by atoms with E-state index in [1.807, 2.05) is 37.3 Å². The molecule has 1 aromatic heterocycles. The Kier molecular flexibility index (Phi) is 4.52. The molecule has 1 heterocycles. The van der Waals surface area contributed by atoms with Crippen molar-refractivity contribution < 1.29 is 13.9 Å². The van der Waals surface area contributed by atoms with Crippen molar-refractivity contribution in [1.29, 1.82) is 0 Å². The Morgan fingerprint density at radius 2 is 2.00 bits per heavy atom. The predicted molar refractivity (Wildman–Crippen MR) is 86.5 cm³/mol. The van der Waals surface area contributed by atoms with Gasteiger partial charge in [0.1, 0.15) is 11.5 Å². The molecule has 0 aliphatic carbocycles. The lowest BCUT2D eigenvalue weighted by Crippen LogP contribution is -2.03. The summed E-state index contributed by atoms with van der Waals surface area (Å²) >= 11 is 0. The van der Waals surface area contributed by atoms with Crippen LogP contribution in [0, 0.1) is 13.0 Å². The minimum Gasteiger partial charge on any atom is -0.493 e. The highest BCUT2D eigenvalue weighted by Gasteiger charge is 2.11. The Morgan fingerprint density at radius 3 is 2.78 bits per heavy atom. The third-order valence-electron chi connectivity index (χ3n) is 3.43. The maximum atomic E-state index is 10.7. The summed E-state index contributed by atoms with van der Waals surface area (Å²) in [7, 11) is 0. The summed E-state index contributed by atoms with van der Waals surface area (Å²) in [4.78, 5) is 15.3. The lowest BCUT2D eigenvalue weighted by molar-refractivity contribution is 0.112. The normalized spacial score (nSPS) is 10.5. The fourth-order valence-electron chi connectivity index (χ4n) is 2.24. The van der Waals surface area contributed by atoms with E-state index in [9.17, 15) is 4.79 Å². The molecule has 0 saturated carbocycles. The monoisotopic (exact) mass is 306 g/mol. The van der Waals surface area contributed by atoms with Gasteiger partial charge >= 0.3 is 0 Å². The topological polar surface area (TPSA) is 52.3 Å². The van der Waals surface area contributed by atoms with E-state index >= 15 is 0 Å². The van der Waals surface area contributed by atoms with Gasteiger partial charge in [-0.25, -0.2) is 4.98 Å². The molecule has 0 fully saturated rings. The summed E-state index contributed by atoms with van der Waals surface area (Å²) in [5, 5.41) is 0. The number of aryl methyl sites for hydroxylation is 1. The summed E-state index contributed by atoms with van der Waals surface area (Å²) in [5.74, 6) is 1.96. The zero-order valence-electron chi connectivity index (χ0n) is 12.8. The molecule has 0 aliphatic heterocycles. The van der Waals surface area contributed by atoms with Gasteiger partial charge in [0.25, 0.3) is 0 Å². The van der Waals surface area contributed by atoms with Crippen LogP contribution in [-0.4, -0.2) is 17.9 Å². The molecule has 1 radical (unpaired) electrons. The number of hydrogen-bond donors (Lipinski definition) is 0. The second-order valence-corrected chi connectivity index (χ2v) is 5.07. The van der Waals surface area contributed by atoms with E-state index in [-0.39, 0.29) is 0 Å². The van der Waals surface area contributed by atoms with E-state index in [0.29, 0.717) is 30.2 Å². The maximum Gasteiger partial charge on any atom is 0.226 e. The number of rotatable bonds is 6. The summed E-state index contributed by atoms with van der Waals surface area (Å²) in [5.41, 5.74) is 2.30. The Bertz CT molecular complexity index is 793. The van der Waals surface area contributed by atoms with E-state index in [1.165, 1.54) is 0 Å². The molecule has 115 valence electrons. The molecule has 0 atom stereocenters. The van der Waals surface area contributed by atoms with E-state index in [0.717, 1.165) is 23.3 Å². The third kappa shape index (κ3) is 3.66. The molecule has 3 aromatic rings. The van der Waals surface area contributed by atoms with E-state index in [4.69, 9.17) is 9.15 Å². The molecular formula is C19H16NO3. The second-order valence-electron chi connectivity index (χ2n) is 5.07. The summed E-state index contributed by atoms with van der Waals surface area (Å²) in [6, 6.07) is 17.9. The largest absolute Gasteiger partial charge is 0.493 e. The average Bonchev–Trinajstić information content (AvgIpc) is 2.97. The fourth-order valence-corrected chi connectivity index (χ4v) is 2.24. The third-order valence-corrected chi connectivity index (χ3v) is 3.43. The highest BCUT2D eigenvalue weighted by Crippen LogP contribution is 2.21. The Balaban J connectivity index is 1.64. The molecule has 2 aromatic carbocycles.